The first-order valence-electron chi connectivity index (χ1n) is 14.6. The molecule has 3 fully saturated rings. The monoisotopic (exact) mass is 552 g/mol. The van der Waals surface area contributed by atoms with E-state index in [9.17, 15) is 4.79 Å². The molecule has 0 unspecified atom stereocenters. The van der Waals surface area contributed by atoms with Crippen molar-refractivity contribution >= 4 is 20.1 Å². The second kappa shape index (κ2) is 11.0. The number of piperidine rings is 1. The van der Waals surface area contributed by atoms with E-state index in [0.717, 1.165) is 37.1 Å². The number of nitrogens with zero attached hydrogens (tertiary/aromatic N) is 1. The summed E-state index contributed by atoms with van der Waals surface area (Å²) >= 11 is 0. The van der Waals surface area contributed by atoms with E-state index in [2.05, 4.69) is 44.1 Å². The van der Waals surface area contributed by atoms with Crippen molar-refractivity contribution in [3.63, 3.8) is 0 Å². The average molecular weight is 553 g/mol. The molecule has 0 radical (unpaired) electrons. The van der Waals surface area contributed by atoms with E-state index in [-0.39, 0.29) is 23.4 Å². The molecule has 2 aromatic rings. The Morgan fingerprint density at radius 3 is 2.33 bits per heavy atom. The number of hydrogen-bond acceptors (Lipinski definition) is 4. The number of benzene rings is 2. The Kier molecular flexibility index (Phi) is 7.97. The van der Waals surface area contributed by atoms with Crippen LogP contribution in [0.2, 0.25) is 18.1 Å². The van der Waals surface area contributed by atoms with Gasteiger partial charge in [0.1, 0.15) is 12.4 Å². The quantitative estimate of drug-likeness (QED) is 0.353. The van der Waals surface area contributed by atoms with Crippen LogP contribution in [0.4, 0.5) is 14.9 Å². The largest absolute Gasteiger partial charge is 0.444 e. The smallest absolute Gasteiger partial charge is 0.411 e. The van der Waals surface area contributed by atoms with Crippen molar-refractivity contribution in [2.45, 2.75) is 102 Å². The van der Waals surface area contributed by atoms with Gasteiger partial charge in [-0.1, -0.05) is 57.2 Å². The molecule has 0 aromatic heterocycles. The van der Waals surface area contributed by atoms with Crippen LogP contribution in [0, 0.1) is 11.2 Å². The molecule has 2 saturated carbocycles. The van der Waals surface area contributed by atoms with Crippen LogP contribution in [-0.2, 0) is 15.8 Å². The first-order valence-corrected chi connectivity index (χ1v) is 17.5. The zero-order valence-electron chi connectivity index (χ0n) is 24.3. The van der Waals surface area contributed by atoms with Crippen LogP contribution < -0.4 is 5.32 Å². The van der Waals surface area contributed by atoms with Gasteiger partial charge in [-0.2, -0.15) is 0 Å². The number of carbonyl (C=O) groups excluding carboxylic acids is 1. The summed E-state index contributed by atoms with van der Waals surface area (Å²) in [6.07, 6.45) is 6.89. The van der Waals surface area contributed by atoms with Gasteiger partial charge in [0.15, 0.2) is 8.32 Å². The van der Waals surface area contributed by atoms with Gasteiger partial charge in [0.25, 0.3) is 0 Å². The van der Waals surface area contributed by atoms with Crippen LogP contribution in [0.1, 0.15) is 76.3 Å². The molecule has 1 aliphatic heterocycles. The highest BCUT2D eigenvalue weighted by Gasteiger charge is 2.56. The summed E-state index contributed by atoms with van der Waals surface area (Å²) in [6.45, 7) is 13.9. The summed E-state index contributed by atoms with van der Waals surface area (Å²) in [7, 11) is -1.68. The molecule has 39 heavy (non-hydrogen) atoms. The number of halogens is 1. The third-order valence-electron chi connectivity index (χ3n) is 9.87. The van der Waals surface area contributed by atoms with Crippen LogP contribution in [0.15, 0.2) is 48.5 Å². The lowest BCUT2D eigenvalue weighted by Gasteiger charge is -2.61. The van der Waals surface area contributed by atoms with Crippen molar-refractivity contribution < 1.29 is 18.3 Å². The minimum absolute atomic E-state index is 0.180. The van der Waals surface area contributed by atoms with Gasteiger partial charge in [-0.05, 0) is 104 Å². The number of amides is 1. The van der Waals surface area contributed by atoms with E-state index >= 15 is 4.39 Å². The number of likely N-dealkylation sites (tertiary alicyclic amines) is 1. The first-order chi connectivity index (χ1) is 18.4. The number of ether oxygens (including phenoxy) is 1. The second-order valence-corrected chi connectivity index (χ2v) is 18.5. The number of rotatable bonds is 7. The summed E-state index contributed by atoms with van der Waals surface area (Å²) in [4.78, 5) is 14.8. The molecule has 2 aliphatic carbocycles. The van der Waals surface area contributed by atoms with Crippen LogP contribution in [0.5, 0.6) is 0 Å². The summed E-state index contributed by atoms with van der Waals surface area (Å²) in [5, 5.41) is 2.92. The lowest BCUT2D eigenvalue weighted by molar-refractivity contribution is -0.120. The van der Waals surface area contributed by atoms with Gasteiger partial charge in [-0.15, -0.1) is 0 Å². The van der Waals surface area contributed by atoms with Crippen LogP contribution in [-0.4, -0.2) is 44.5 Å². The maximum absolute atomic E-state index is 15.0. The third-order valence-corrected chi connectivity index (χ3v) is 14.4. The lowest BCUT2D eigenvalue weighted by atomic mass is 9.52. The van der Waals surface area contributed by atoms with Crippen molar-refractivity contribution in [3.05, 3.63) is 65.5 Å². The topological polar surface area (TPSA) is 50.8 Å². The Morgan fingerprint density at radius 1 is 1.05 bits per heavy atom. The lowest BCUT2D eigenvalue weighted by Crippen LogP contribution is -2.60. The second-order valence-electron chi connectivity index (χ2n) is 13.7. The molecule has 212 valence electrons. The van der Waals surface area contributed by atoms with E-state index < -0.39 is 14.4 Å². The summed E-state index contributed by atoms with van der Waals surface area (Å²) < 4.78 is 26.9. The predicted octanol–water partition coefficient (Wildman–Crippen LogP) is 8.09. The fraction of sp³-hybridized carbons (Fsp3) is 0.594. The molecule has 0 atom stereocenters. The van der Waals surface area contributed by atoms with Crippen molar-refractivity contribution in [2.24, 2.45) is 5.41 Å². The standard InChI is InChI=1S/C32H45FN2O3Si/c1-31(2,3)39(4,5)38-27-20-32(21-27)18-26(19-32)35-15-13-24(14-16-35)28-12-11-25(17-29(28)33)34-30(36)37-22-23-9-7-6-8-10-23/h6-12,17,24,26-27H,13-16,18-22H2,1-5H3,(H,34,36). The maximum Gasteiger partial charge on any atom is 0.411 e. The zero-order valence-corrected chi connectivity index (χ0v) is 25.3. The van der Waals surface area contributed by atoms with Crippen molar-refractivity contribution in [3.8, 4) is 0 Å². The Balaban J connectivity index is 1.04. The minimum atomic E-state index is -1.68. The molecule has 1 amide bonds. The van der Waals surface area contributed by atoms with Crippen LogP contribution >= 0.6 is 0 Å². The highest BCUT2D eigenvalue weighted by molar-refractivity contribution is 6.74. The Morgan fingerprint density at radius 2 is 1.72 bits per heavy atom. The summed E-state index contributed by atoms with van der Waals surface area (Å²) in [5.74, 6) is -0.0282. The number of nitrogens with one attached hydrogen (secondary N) is 1. The van der Waals surface area contributed by atoms with E-state index in [1.165, 1.54) is 31.7 Å². The molecule has 1 saturated heterocycles. The van der Waals surface area contributed by atoms with Gasteiger partial charge in [-0.3, -0.25) is 5.32 Å². The van der Waals surface area contributed by atoms with Gasteiger partial charge in [0.2, 0.25) is 0 Å². The highest BCUT2D eigenvalue weighted by atomic mass is 28.4. The molecule has 1 heterocycles. The molecule has 7 heteroatoms. The first kappa shape index (κ1) is 28.3. The zero-order chi connectivity index (χ0) is 27.8. The Hall–Kier alpha value is -2.22. The van der Waals surface area contributed by atoms with Gasteiger partial charge in [-0.25, -0.2) is 9.18 Å². The fourth-order valence-electron chi connectivity index (χ4n) is 6.50. The Labute approximate surface area is 234 Å². The molecule has 5 rings (SSSR count). The molecule has 1 spiro atoms. The molecular formula is C32H45FN2O3Si. The highest BCUT2D eigenvalue weighted by Crippen LogP contribution is 2.59. The minimum Gasteiger partial charge on any atom is -0.444 e. The van der Waals surface area contributed by atoms with Gasteiger partial charge >= 0.3 is 6.09 Å². The third kappa shape index (κ3) is 6.41. The molecule has 5 nitrogen and oxygen atoms in total. The normalized spacial score (nSPS) is 26.1. The van der Waals surface area contributed by atoms with E-state index in [0.29, 0.717) is 23.2 Å². The van der Waals surface area contributed by atoms with E-state index in [4.69, 9.17) is 9.16 Å². The predicted molar refractivity (Wildman–Crippen MR) is 157 cm³/mol. The molecule has 0 bridgehead atoms. The SMILES string of the molecule is CC(C)(C)[Si](C)(C)OC1CC2(C1)CC(N1CCC(c3ccc(NC(=O)OCc4ccccc4)cc3F)CC1)C2. The van der Waals surface area contributed by atoms with Gasteiger partial charge in [0.05, 0.1) is 0 Å². The van der Waals surface area contributed by atoms with Gasteiger partial charge < -0.3 is 14.1 Å². The molecule has 2 aromatic carbocycles. The van der Waals surface area contributed by atoms with E-state index in [1.54, 1.807) is 6.07 Å². The average Bonchev–Trinajstić information content (AvgIpc) is 2.84. The van der Waals surface area contributed by atoms with Crippen molar-refractivity contribution in [2.75, 3.05) is 18.4 Å². The van der Waals surface area contributed by atoms with Gasteiger partial charge in [0, 0.05) is 17.8 Å². The molecule has 3 aliphatic rings. The van der Waals surface area contributed by atoms with Crippen LogP contribution in [0.3, 0.4) is 0 Å². The van der Waals surface area contributed by atoms with Crippen molar-refractivity contribution in [1.82, 2.24) is 4.90 Å². The van der Waals surface area contributed by atoms with Crippen molar-refractivity contribution in [1.29, 1.82) is 0 Å². The number of anilines is 1. The maximum atomic E-state index is 15.0. The molecule has 1 N–H and O–H groups in total. The summed E-state index contributed by atoms with van der Waals surface area (Å²) in [6, 6.07) is 15.2. The summed E-state index contributed by atoms with van der Waals surface area (Å²) in [5.41, 5.74) is 2.60. The Bertz CT molecular complexity index is 1140. The number of hydrogen-bond donors (Lipinski definition) is 1. The van der Waals surface area contributed by atoms with E-state index in [1.807, 2.05) is 36.4 Å². The van der Waals surface area contributed by atoms with Crippen LogP contribution in [0.25, 0.3) is 0 Å². The number of carbonyl (C=O) groups is 1. The molecular weight excluding hydrogens is 507 g/mol. The fourth-order valence-corrected chi connectivity index (χ4v) is 7.86.